The summed E-state index contributed by atoms with van der Waals surface area (Å²) in [6.45, 7) is 3.61. The molecule has 0 spiro atoms. The summed E-state index contributed by atoms with van der Waals surface area (Å²) in [5.41, 5.74) is -0.734. The zero-order chi connectivity index (χ0) is 14.5. The van der Waals surface area contributed by atoms with Crippen molar-refractivity contribution in [2.45, 2.75) is 70.4 Å². The minimum absolute atomic E-state index is 0.0938. The van der Waals surface area contributed by atoms with Gasteiger partial charge in [-0.3, -0.25) is 0 Å². The first-order chi connectivity index (χ1) is 8.90. The number of aliphatic hydroxyl groups is 1. The molecule has 0 amide bonds. The van der Waals surface area contributed by atoms with Crippen LogP contribution in [0.5, 0.6) is 0 Å². The van der Waals surface area contributed by atoms with Crippen LogP contribution < -0.4 is 4.72 Å². The Bertz CT molecular complexity index is 352. The van der Waals surface area contributed by atoms with E-state index < -0.39 is 15.7 Å². The molecule has 5 nitrogen and oxygen atoms in total. The number of aliphatic hydroxyl groups excluding tert-OH is 1. The third kappa shape index (κ3) is 4.15. The van der Waals surface area contributed by atoms with Gasteiger partial charge in [0.05, 0.1) is 12.1 Å². The van der Waals surface area contributed by atoms with Crippen LogP contribution in [-0.4, -0.2) is 43.1 Å². The highest BCUT2D eigenvalue weighted by Crippen LogP contribution is 2.24. The van der Waals surface area contributed by atoms with Crippen LogP contribution in [-0.2, 0) is 10.2 Å². The minimum Gasteiger partial charge on any atom is -0.394 e. The van der Waals surface area contributed by atoms with Crippen molar-refractivity contribution < 1.29 is 13.5 Å². The van der Waals surface area contributed by atoms with E-state index in [2.05, 4.69) is 4.72 Å². The molecule has 0 aromatic carbocycles. The van der Waals surface area contributed by atoms with Crippen LogP contribution in [0.25, 0.3) is 0 Å². The molecule has 1 rings (SSSR count). The Kier molecular flexibility index (Phi) is 6.23. The molecule has 1 aliphatic rings. The molecule has 0 atom stereocenters. The third-order valence-corrected chi connectivity index (χ3v) is 6.22. The Morgan fingerprint density at radius 3 is 2.16 bits per heavy atom. The van der Waals surface area contributed by atoms with E-state index >= 15 is 0 Å². The number of nitrogens with zero attached hydrogens (tertiary/aromatic N) is 1. The molecule has 19 heavy (non-hydrogen) atoms. The van der Waals surface area contributed by atoms with Gasteiger partial charge in [0.15, 0.2) is 0 Å². The predicted octanol–water partition coefficient (Wildman–Crippen LogP) is 1.64. The van der Waals surface area contributed by atoms with E-state index in [4.69, 9.17) is 0 Å². The summed E-state index contributed by atoms with van der Waals surface area (Å²) in [4.78, 5) is 0. The van der Waals surface area contributed by atoms with Crippen molar-refractivity contribution in [3.8, 4) is 0 Å². The van der Waals surface area contributed by atoms with Crippen LogP contribution >= 0.6 is 0 Å². The summed E-state index contributed by atoms with van der Waals surface area (Å²) in [5, 5.41) is 9.49. The Hall–Kier alpha value is -0.170. The van der Waals surface area contributed by atoms with Gasteiger partial charge in [-0.2, -0.15) is 17.4 Å². The largest absolute Gasteiger partial charge is 0.394 e. The molecule has 0 bridgehead atoms. The summed E-state index contributed by atoms with van der Waals surface area (Å²) >= 11 is 0. The maximum Gasteiger partial charge on any atom is 0.280 e. The van der Waals surface area contributed by atoms with Crippen molar-refractivity contribution in [2.24, 2.45) is 0 Å². The molecule has 0 aliphatic heterocycles. The summed E-state index contributed by atoms with van der Waals surface area (Å²) in [6, 6.07) is 0.0938. The SMILES string of the molecule is CCC(CC)(CO)NS(=O)(=O)N(C)C1CCCCC1. The maximum absolute atomic E-state index is 12.4. The van der Waals surface area contributed by atoms with Crippen molar-refractivity contribution in [3.63, 3.8) is 0 Å². The van der Waals surface area contributed by atoms with Crippen LogP contribution in [0, 0.1) is 0 Å². The Morgan fingerprint density at radius 1 is 1.21 bits per heavy atom. The highest BCUT2D eigenvalue weighted by molar-refractivity contribution is 7.87. The van der Waals surface area contributed by atoms with Crippen LogP contribution in [0.4, 0.5) is 0 Å². The molecule has 0 radical (unpaired) electrons. The van der Waals surface area contributed by atoms with E-state index in [0.717, 1.165) is 25.7 Å². The Labute approximate surface area is 117 Å². The number of rotatable bonds is 7. The molecule has 0 aromatic rings. The van der Waals surface area contributed by atoms with Gasteiger partial charge in [0.25, 0.3) is 10.2 Å². The van der Waals surface area contributed by atoms with Gasteiger partial charge >= 0.3 is 0 Å². The molecule has 1 fully saturated rings. The summed E-state index contributed by atoms with van der Waals surface area (Å²) in [7, 11) is -1.89. The molecule has 6 heteroatoms. The average molecular weight is 292 g/mol. The first-order valence-corrected chi connectivity index (χ1v) is 8.72. The van der Waals surface area contributed by atoms with Crippen LogP contribution in [0.15, 0.2) is 0 Å². The van der Waals surface area contributed by atoms with E-state index in [0.29, 0.717) is 12.8 Å². The minimum atomic E-state index is -3.53. The molecule has 1 aliphatic carbocycles. The molecule has 0 unspecified atom stereocenters. The Balaban J connectivity index is 2.78. The standard InChI is InChI=1S/C13H28N2O3S/c1-4-13(5-2,11-16)14-19(17,18)15(3)12-9-7-6-8-10-12/h12,14,16H,4-11H2,1-3H3. The van der Waals surface area contributed by atoms with E-state index in [1.807, 2.05) is 13.8 Å². The summed E-state index contributed by atoms with van der Waals surface area (Å²) in [5.74, 6) is 0. The second kappa shape index (κ2) is 7.02. The van der Waals surface area contributed by atoms with Crippen molar-refractivity contribution in [1.82, 2.24) is 9.03 Å². The first-order valence-electron chi connectivity index (χ1n) is 7.28. The summed E-state index contributed by atoms with van der Waals surface area (Å²) in [6.07, 6.45) is 6.41. The van der Waals surface area contributed by atoms with Crippen molar-refractivity contribution >= 4 is 10.2 Å². The lowest BCUT2D eigenvalue weighted by Gasteiger charge is -2.36. The molecular weight excluding hydrogens is 264 g/mol. The molecule has 0 saturated heterocycles. The highest BCUT2D eigenvalue weighted by atomic mass is 32.2. The predicted molar refractivity (Wildman–Crippen MR) is 77.1 cm³/mol. The second-order valence-corrected chi connectivity index (χ2v) is 7.29. The second-order valence-electron chi connectivity index (χ2n) is 5.56. The van der Waals surface area contributed by atoms with Crippen molar-refractivity contribution in [1.29, 1.82) is 0 Å². The van der Waals surface area contributed by atoms with Gasteiger partial charge in [-0.25, -0.2) is 0 Å². The van der Waals surface area contributed by atoms with Gasteiger partial charge in [0.1, 0.15) is 0 Å². The zero-order valence-electron chi connectivity index (χ0n) is 12.4. The fraction of sp³-hybridized carbons (Fsp3) is 1.00. The quantitative estimate of drug-likeness (QED) is 0.749. The normalized spacial score (nSPS) is 19.0. The number of nitrogens with one attached hydrogen (secondary N) is 1. The van der Waals surface area contributed by atoms with Gasteiger partial charge in [0, 0.05) is 13.1 Å². The van der Waals surface area contributed by atoms with Gasteiger partial charge in [-0.15, -0.1) is 0 Å². The van der Waals surface area contributed by atoms with Crippen LogP contribution in [0.3, 0.4) is 0 Å². The van der Waals surface area contributed by atoms with Gasteiger partial charge < -0.3 is 5.11 Å². The average Bonchev–Trinajstić information content (AvgIpc) is 2.45. The third-order valence-electron chi connectivity index (χ3n) is 4.47. The topological polar surface area (TPSA) is 69.6 Å². The molecular formula is C13H28N2O3S. The Morgan fingerprint density at radius 2 is 1.74 bits per heavy atom. The fourth-order valence-electron chi connectivity index (χ4n) is 2.64. The van der Waals surface area contributed by atoms with E-state index in [-0.39, 0.29) is 12.6 Å². The first kappa shape index (κ1) is 16.9. The number of hydrogen-bond acceptors (Lipinski definition) is 3. The van der Waals surface area contributed by atoms with Gasteiger partial charge in [-0.1, -0.05) is 33.1 Å². The smallest absolute Gasteiger partial charge is 0.280 e. The molecule has 1 saturated carbocycles. The van der Waals surface area contributed by atoms with Crippen molar-refractivity contribution in [3.05, 3.63) is 0 Å². The van der Waals surface area contributed by atoms with Crippen molar-refractivity contribution in [2.75, 3.05) is 13.7 Å². The van der Waals surface area contributed by atoms with Gasteiger partial charge in [0.2, 0.25) is 0 Å². The van der Waals surface area contributed by atoms with E-state index in [9.17, 15) is 13.5 Å². The summed E-state index contributed by atoms with van der Waals surface area (Å²) < 4.78 is 29.0. The molecule has 2 N–H and O–H groups in total. The lowest BCUT2D eigenvalue weighted by Crippen LogP contribution is -2.56. The van der Waals surface area contributed by atoms with E-state index in [1.165, 1.54) is 10.7 Å². The van der Waals surface area contributed by atoms with Gasteiger partial charge in [-0.05, 0) is 25.7 Å². The van der Waals surface area contributed by atoms with E-state index in [1.54, 1.807) is 7.05 Å². The molecule has 114 valence electrons. The maximum atomic E-state index is 12.4. The monoisotopic (exact) mass is 292 g/mol. The lowest BCUT2D eigenvalue weighted by molar-refractivity contribution is 0.168. The molecule has 0 aromatic heterocycles. The zero-order valence-corrected chi connectivity index (χ0v) is 13.2. The number of hydrogen-bond donors (Lipinski definition) is 2. The molecule has 0 heterocycles. The fourth-order valence-corrected chi connectivity index (χ4v) is 4.28. The van der Waals surface area contributed by atoms with Crippen LogP contribution in [0.2, 0.25) is 0 Å². The van der Waals surface area contributed by atoms with Crippen LogP contribution in [0.1, 0.15) is 58.8 Å². The lowest BCUT2D eigenvalue weighted by atomic mass is 9.96. The highest BCUT2D eigenvalue weighted by Gasteiger charge is 2.35.